The molecule has 0 heterocycles. The van der Waals surface area contributed by atoms with Gasteiger partial charge in [-0.1, -0.05) is 25.3 Å². The Morgan fingerprint density at radius 1 is 0.778 bits per heavy atom. The van der Waals surface area contributed by atoms with Crippen LogP contribution in [0.3, 0.4) is 0 Å². The van der Waals surface area contributed by atoms with Crippen LogP contribution < -0.4 is 14.2 Å². The summed E-state index contributed by atoms with van der Waals surface area (Å²) in [5.41, 5.74) is 0.782. The highest BCUT2D eigenvalue weighted by molar-refractivity contribution is 5.89. The molecule has 36 heavy (non-hydrogen) atoms. The Bertz CT molecular complexity index is 1050. The Hall–Kier alpha value is -4.37. The van der Waals surface area contributed by atoms with Crippen LogP contribution >= 0.6 is 0 Å². The number of ether oxygens (including phenoxy) is 5. The molecule has 0 aromatic heterocycles. The van der Waals surface area contributed by atoms with Gasteiger partial charge in [-0.3, -0.25) is 0 Å². The van der Waals surface area contributed by atoms with Crippen LogP contribution in [0.25, 0.3) is 6.08 Å². The number of hydrogen-bond donors (Lipinski definition) is 1. The molecule has 9 nitrogen and oxygen atoms in total. The molecule has 2 aromatic carbocycles. The highest BCUT2D eigenvalue weighted by Crippen LogP contribution is 2.18. The van der Waals surface area contributed by atoms with E-state index in [9.17, 15) is 14.4 Å². The average Bonchev–Trinajstić information content (AvgIpc) is 2.90. The third-order valence-electron chi connectivity index (χ3n) is 4.37. The minimum absolute atomic E-state index is 0.00775. The minimum Gasteiger partial charge on any atom is -0.493 e. The first-order chi connectivity index (χ1) is 17.4. The molecule has 2 rings (SSSR count). The summed E-state index contributed by atoms with van der Waals surface area (Å²) >= 11 is 0. The predicted molar refractivity (Wildman–Crippen MR) is 132 cm³/mol. The van der Waals surface area contributed by atoms with Crippen molar-refractivity contribution in [2.45, 2.75) is 6.42 Å². The normalized spacial score (nSPS) is 10.4. The summed E-state index contributed by atoms with van der Waals surface area (Å²) < 4.78 is 26.0. The van der Waals surface area contributed by atoms with E-state index in [1.54, 1.807) is 54.6 Å². The maximum Gasteiger partial charge on any atom is 0.336 e. The lowest BCUT2D eigenvalue weighted by atomic mass is 10.2. The van der Waals surface area contributed by atoms with Crippen LogP contribution in [0.5, 0.6) is 17.2 Å². The Labute approximate surface area is 209 Å². The third kappa shape index (κ3) is 10.7. The van der Waals surface area contributed by atoms with Crippen molar-refractivity contribution in [1.29, 1.82) is 0 Å². The van der Waals surface area contributed by atoms with E-state index in [2.05, 4.69) is 13.2 Å². The van der Waals surface area contributed by atoms with E-state index in [1.807, 2.05) is 0 Å². The van der Waals surface area contributed by atoms with Gasteiger partial charge in [0.25, 0.3) is 0 Å². The van der Waals surface area contributed by atoms with Crippen LogP contribution in [0.1, 0.15) is 12.0 Å². The highest BCUT2D eigenvalue weighted by Gasteiger charge is 2.06. The van der Waals surface area contributed by atoms with E-state index in [-0.39, 0.29) is 25.4 Å². The molecule has 0 amide bonds. The van der Waals surface area contributed by atoms with Gasteiger partial charge in [0.05, 0.1) is 25.4 Å². The molecule has 0 spiro atoms. The molecule has 0 atom stereocenters. The fourth-order valence-corrected chi connectivity index (χ4v) is 2.53. The van der Waals surface area contributed by atoms with Crippen LogP contribution in [0.15, 0.2) is 79.4 Å². The fourth-order valence-electron chi connectivity index (χ4n) is 2.53. The van der Waals surface area contributed by atoms with Gasteiger partial charge >= 0.3 is 17.9 Å². The molecule has 0 radical (unpaired) electrons. The summed E-state index contributed by atoms with van der Waals surface area (Å²) in [6.45, 7) is 7.03. The third-order valence-corrected chi connectivity index (χ3v) is 4.37. The van der Waals surface area contributed by atoms with Gasteiger partial charge in [-0.05, 0) is 48.0 Å². The van der Waals surface area contributed by atoms with Crippen molar-refractivity contribution in [3.05, 3.63) is 85.0 Å². The van der Waals surface area contributed by atoms with Crippen molar-refractivity contribution in [3.63, 3.8) is 0 Å². The average molecular weight is 497 g/mol. The molecule has 0 saturated carbocycles. The SMILES string of the molecule is C=CC(=O)OCCOc1ccc(OC(=O)/C=C/c2ccc(OCCCOC(=O)C(=C)CO)cc2)cc1. The maximum absolute atomic E-state index is 12.1. The minimum atomic E-state index is -0.626. The van der Waals surface area contributed by atoms with E-state index < -0.39 is 24.5 Å². The van der Waals surface area contributed by atoms with E-state index in [0.717, 1.165) is 11.6 Å². The van der Waals surface area contributed by atoms with Crippen LogP contribution in [0.4, 0.5) is 0 Å². The molecule has 9 heteroatoms. The van der Waals surface area contributed by atoms with Crippen LogP contribution in [-0.4, -0.2) is 56.0 Å². The van der Waals surface area contributed by atoms with E-state index in [1.165, 1.54) is 6.08 Å². The molecule has 0 saturated heterocycles. The summed E-state index contributed by atoms with van der Waals surface area (Å²) in [5, 5.41) is 8.80. The van der Waals surface area contributed by atoms with Crippen molar-refractivity contribution >= 4 is 24.0 Å². The first kappa shape index (κ1) is 27.9. The van der Waals surface area contributed by atoms with Crippen molar-refractivity contribution in [3.8, 4) is 17.2 Å². The standard InChI is InChI=1S/C27H28O9/c1-3-25(29)34-18-17-33-23-10-12-24(13-11-23)36-26(30)14-7-21-5-8-22(9-6-21)32-15-4-16-35-27(31)20(2)19-28/h3,5-14,28H,1-2,4,15-19H2/b14-7+. The second kappa shape index (κ2) is 15.5. The highest BCUT2D eigenvalue weighted by atomic mass is 16.6. The molecule has 0 unspecified atom stereocenters. The first-order valence-corrected chi connectivity index (χ1v) is 11.0. The molecule has 0 fully saturated rings. The summed E-state index contributed by atoms with van der Waals surface area (Å²) in [5.74, 6) is -0.168. The van der Waals surface area contributed by atoms with Gasteiger partial charge in [0.15, 0.2) is 0 Å². The Balaban J connectivity index is 1.69. The predicted octanol–water partition coefficient (Wildman–Crippen LogP) is 3.27. The second-order valence-electron chi connectivity index (χ2n) is 7.11. The molecular weight excluding hydrogens is 468 g/mol. The van der Waals surface area contributed by atoms with Gasteiger partial charge in [0.1, 0.15) is 30.5 Å². The smallest absolute Gasteiger partial charge is 0.336 e. The van der Waals surface area contributed by atoms with Crippen LogP contribution in [0, 0.1) is 0 Å². The largest absolute Gasteiger partial charge is 0.493 e. The number of rotatable bonds is 15. The van der Waals surface area contributed by atoms with E-state index >= 15 is 0 Å². The lowest BCUT2D eigenvalue weighted by Gasteiger charge is -2.08. The van der Waals surface area contributed by atoms with Gasteiger partial charge in [0, 0.05) is 18.6 Å². The van der Waals surface area contributed by atoms with Gasteiger partial charge in [-0.15, -0.1) is 0 Å². The monoisotopic (exact) mass is 496 g/mol. The number of aliphatic hydroxyl groups excluding tert-OH is 1. The maximum atomic E-state index is 12.1. The molecule has 0 bridgehead atoms. The van der Waals surface area contributed by atoms with Gasteiger partial charge in [-0.2, -0.15) is 0 Å². The number of benzene rings is 2. The first-order valence-electron chi connectivity index (χ1n) is 11.0. The zero-order valence-corrected chi connectivity index (χ0v) is 19.7. The zero-order chi connectivity index (χ0) is 26.2. The van der Waals surface area contributed by atoms with Gasteiger partial charge in [0.2, 0.25) is 0 Å². The van der Waals surface area contributed by atoms with Crippen molar-refractivity contribution in [1.82, 2.24) is 0 Å². The lowest BCUT2D eigenvalue weighted by molar-refractivity contribution is -0.140. The number of carbonyl (C=O) groups is 3. The summed E-state index contributed by atoms with van der Waals surface area (Å²) in [6, 6.07) is 13.5. The topological polar surface area (TPSA) is 118 Å². The molecular formula is C27H28O9. The number of hydrogen-bond acceptors (Lipinski definition) is 9. The van der Waals surface area contributed by atoms with Crippen LogP contribution in [-0.2, 0) is 23.9 Å². The second-order valence-corrected chi connectivity index (χ2v) is 7.11. The van der Waals surface area contributed by atoms with E-state index in [0.29, 0.717) is 30.3 Å². The van der Waals surface area contributed by atoms with Crippen LogP contribution in [0.2, 0.25) is 0 Å². The molecule has 190 valence electrons. The summed E-state index contributed by atoms with van der Waals surface area (Å²) in [6.07, 6.45) is 4.48. The lowest BCUT2D eigenvalue weighted by Crippen LogP contribution is -2.12. The molecule has 0 aliphatic carbocycles. The molecule has 0 aliphatic heterocycles. The molecule has 2 aromatic rings. The van der Waals surface area contributed by atoms with Crippen molar-refractivity contribution in [2.24, 2.45) is 0 Å². The Kier molecular flexibility index (Phi) is 12.0. The van der Waals surface area contributed by atoms with Gasteiger partial charge in [-0.25, -0.2) is 14.4 Å². The van der Waals surface area contributed by atoms with E-state index in [4.69, 9.17) is 28.8 Å². The molecule has 0 aliphatic rings. The fraction of sp³-hybridized carbons (Fsp3) is 0.222. The number of aliphatic hydroxyl groups is 1. The zero-order valence-electron chi connectivity index (χ0n) is 19.7. The quantitative estimate of drug-likeness (QED) is 0.172. The number of carbonyl (C=O) groups excluding carboxylic acids is 3. The van der Waals surface area contributed by atoms with Crippen molar-refractivity contribution in [2.75, 3.05) is 33.0 Å². The summed E-state index contributed by atoms with van der Waals surface area (Å²) in [4.78, 5) is 34.4. The van der Waals surface area contributed by atoms with Crippen molar-refractivity contribution < 1.29 is 43.2 Å². The Morgan fingerprint density at radius 3 is 2.03 bits per heavy atom. The summed E-state index contributed by atoms with van der Waals surface area (Å²) in [7, 11) is 0. The number of esters is 3. The Morgan fingerprint density at radius 2 is 1.39 bits per heavy atom. The van der Waals surface area contributed by atoms with Gasteiger partial charge < -0.3 is 28.8 Å². The molecule has 1 N–H and O–H groups in total.